The second-order valence-corrected chi connectivity index (χ2v) is 4.02. The van der Waals surface area contributed by atoms with Gasteiger partial charge < -0.3 is 10.4 Å². The maximum absolute atomic E-state index is 13.0. The van der Waals surface area contributed by atoms with E-state index < -0.39 is 0 Å². The number of amides is 1. The Morgan fingerprint density at radius 2 is 2.24 bits per heavy atom. The molecule has 2 N–H and O–H groups in total. The second-order valence-electron chi connectivity index (χ2n) is 4.02. The quantitative estimate of drug-likeness (QED) is 0.747. The van der Waals surface area contributed by atoms with Gasteiger partial charge in [-0.15, -0.1) is 0 Å². The molecule has 0 aromatic heterocycles. The summed E-state index contributed by atoms with van der Waals surface area (Å²) in [4.78, 5) is 11.5. The van der Waals surface area contributed by atoms with Crippen LogP contribution in [0.2, 0.25) is 0 Å². The maximum atomic E-state index is 13.0. The third-order valence-corrected chi connectivity index (χ3v) is 2.54. The Bertz CT molecular complexity index is 368. The predicted octanol–water partition coefficient (Wildman–Crippen LogP) is 2.17. The van der Waals surface area contributed by atoms with E-state index in [4.69, 9.17) is 5.11 Å². The van der Waals surface area contributed by atoms with Crippen LogP contribution < -0.4 is 5.32 Å². The first kappa shape index (κ1) is 13.6. The number of benzene rings is 1. The molecule has 0 saturated carbocycles. The summed E-state index contributed by atoms with van der Waals surface area (Å²) in [5, 5.41) is 11.4. The Kier molecular flexibility index (Phi) is 5.63. The second kappa shape index (κ2) is 7.01. The zero-order valence-electron chi connectivity index (χ0n) is 9.95. The third kappa shape index (κ3) is 4.95. The minimum absolute atomic E-state index is 0.0739. The van der Waals surface area contributed by atoms with Gasteiger partial charge in [0.15, 0.2) is 0 Å². The summed E-state index contributed by atoms with van der Waals surface area (Å²) >= 11 is 0. The first-order valence-electron chi connectivity index (χ1n) is 5.79. The highest BCUT2D eigenvalue weighted by Crippen LogP contribution is 2.13. The molecular weight excluding hydrogens is 221 g/mol. The van der Waals surface area contributed by atoms with Crippen molar-refractivity contribution in [2.75, 3.05) is 6.61 Å². The molecule has 17 heavy (non-hydrogen) atoms. The lowest BCUT2D eigenvalue weighted by molar-refractivity contribution is -0.121. The molecule has 94 valence electrons. The molecule has 0 aliphatic carbocycles. The molecule has 0 spiro atoms. The normalized spacial score (nSPS) is 12.2. The summed E-state index contributed by atoms with van der Waals surface area (Å²) in [5.74, 6) is -0.376. The SMILES string of the molecule is C[C@H](NC(=O)CCCCO)c1cccc(F)c1. The lowest BCUT2D eigenvalue weighted by Crippen LogP contribution is -2.26. The van der Waals surface area contributed by atoms with Gasteiger partial charge in [-0.2, -0.15) is 0 Å². The Balaban J connectivity index is 2.43. The molecule has 0 heterocycles. The number of aliphatic hydroxyl groups excluding tert-OH is 1. The Morgan fingerprint density at radius 1 is 1.47 bits per heavy atom. The van der Waals surface area contributed by atoms with Gasteiger partial charge in [0.25, 0.3) is 0 Å². The first-order valence-corrected chi connectivity index (χ1v) is 5.79. The monoisotopic (exact) mass is 239 g/mol. The highest BCUT2D eigenvalue weighted by atomic mass is 19.1. The number of rotatable bonds is 6. The van der Waals surface area contributed by atoms with Gasteiger partial charge in [0, 0.05) is 13.0 Å². The number of nitrogens with one attached hydrogen (secondary N) is 1. The van der Waals surface area contributed by atoms with E-state index in [1.165, 1.54) is 12.1 Å². The summed E-state index contributed by atoms with van der Waals surface area (Å²) in [7, 11) is 0. The van der Waals surface area contributed by atoms with Crippen molar-refractivity contribution in [1.29, 1.82) is 0 Å². The van der Waals surface area contributed by atoms with Gasteiger partial charge in [0.1, 0.15) is 5.82 Å². The molecule has 1 rings (SSSR count). The minimum atomic E-state index is -0.302. The number of unbranched alkanes of at least 4 members (excludes halogenated alkanes) is 1. The third-order valence-electron chi connectivity index (χ3n) is 2.54. The average Bonchev–Trinajstić information content (AvgIpc) is 2.29. The Morgan fingerprint density at radius 3 is 2.88 bits per heavy atom. The molecule has 1 atom stereocenters. The molecule has 1 amide bonds. The molecule has 0 saturated heterocycles. The number of hydrogen-bond acceptors (Lipinski definition) is 2. The molecule has 0 aliphatic rings. The van der Waals surface area contributed by atoms with Crippen molar-refractivity contribution in [3.05, 3.63) is 35.6 Å². The zero-order valence-corrected chi connectivity index (χ0v) is 9.95. The molecule has 0 bridgehead atoms. The van der Waals surface area contributed by atoms with Gasteiger partial charge in [-0.05, 0) is 37.5 Å². The Hall–Kier alpha value is -1.42. The first-order chi connectivity index (χ1) is 8.13. The summed E-state index contributed by atoms with van der Waals surface area (Å²) in [6.07, 6.45) is 1.68. The highest BCUT2D eigenvalue weighted by molar-refractivity contribution is 5.76. The van der Waals surface area contributed by atoms with Crippen molar-refractivity contribution in [2.24, 2.45) is 0 Å². The Labute approximate surface area is 101 Å². The number of halogens is 1. The number of hydrogen-bond donors (Lipinski definition) is 2. The van der Waals surface area contributed by atoms with Crippen LogP contribution in [-0.4, -0.2) is 17.6 Å². The van der Waals surface area contributed by atoms with E-state index in [1.54, 1.807) is 12.1 Å². The van der Waals surface area contributed by atoms with E-state index in [2.05, 4.69) is 5.32 Å². The van der Waals surface area contributed by atoms with Crippen LogP contribution in [-0.2, 0) is 4.79 Å². The van der Waals surface area contributed by atoms with E-state index in [9.17, 15) is 9.18 Å². The standard InChI is InChI=1S/C13H18FNO2/c1-10(11-5-4-6-12(14)9-11)15-13(17)7-2-3-8-16/h4-6,9-10,16H,2-3,7-8H2,1H3,(H,15,17)/t10-/m0/s1. The molecule has 0 fully saturated rings. The number of carbonyl (C=O) groups excluding carboxylic acids is 1. The van der Waals surface area contributed by atoms with Gasteiger partial charge in [-0.25, -0.2) is 4.39 Å². The van der Waals surface area contributed by atoms with Crippen molar-refractivity contribution < 1.29 is 14.3 Å². The van der Waals surface area contributed by atoms with Crippen LogP contribution in [0.25, 0.3) is 0 Å². The zero-order chi connectivity index (χ0) is 12.7. The fourth-order valence-corrected chi connectivity index (χ4v) is 1.57. The van der Waals surface area contributed by atoms with Crippen molar-refractivity contribution in [2.45, 2.75) is 32.2 Å². The van der Waals surface area contributed by atoms with Crippen LogP contribution in [0, 0.1) is 5.82 Å². The van der Waals surface area contributed by atoms with Crippen molar-refractivity contribution >= 4 is 5.91 Å². The molecule has 4 heteroatoms. The molecule has 3 nitrogen and oxygen atoms in total. The lowest BCUT2D eigenvalue weighted by atomic mass is 10.1. The van der Waals surface area contributed by atoms with Gasteiger partial charge >= 0.3 is 0 Å². The lowest BCUT2D eigenvalue weighted by Gasteiger charge is -2.14. The fraction of sp³-hybridized carbons (Fsp3) is 0.462. The summed E-state index contributed by atoms with van der Waals surface area (Å²) < 4.78 is 13.0. The predicted molar refractivity (Wildman–Crippen MR) is 63.9 cm³/mol. The molecule has 1 aromatic carbocycles. The number of aliphatic hydroxyl groups is 1. The summed E-state index contributed by atoms with van der Waals surface area (Å²) in [5.41, 5.74) is 0.750. The summed E-state index contributed by atoms with van der Waals surface area (Å²) in [6.45, 7) is 1.92. The van der Waals surface area contributed by atoms with E-state index >= 15 is 0 Å². The van der Waals surface area contributed by atoms with Gasteiger partial charge in [0.2, 0.25) is 5.91 Å². The van der Waals surface area contributed by atoms with Crippen LogP contribution >= 0.6 is 0 Å². The molecule has 0 unspecified atom stereocenters. The maximum Gasteiger partial charge on any atom is 0.220 e. The largest absolute Gasteiger partial charge is 0.396 e. The van der Waals surface area contributed by atoms with Gasteiger partial charge in [-0.1, -0.05) is 12.1 Å². The molecule has 0 radical (unpaired) electrons. The van der Waals surface area contributed by atoms with Crippen molar-refractivity contribution in [3.63, 3.8) is 0 Å². The van der Waals surface area contributed by atoms with E-state index in [0.717, 1.165) is 5.56 Å². The minimum Gasteiger partial charge on any atom is -0.396 e. The molecule has 1 aromatic rings. The van der Waals surface area contributed by atoms with E-state index in [-0.39, 0.29) is 24.4 Å². The van der Waals surface area contributed by atoms with Crippen LogP contribution in [0.5, 0.6) is 0 Å². The van der Waals surface area contributed by atoms with Crippen molar-refractivity contribution in [1.82, 2.24) is 5.32 Å². The number of carbonyl (C=O) groups is 1. The van der Waals surface area contributed by atoms with Crippen LogP contribution in [0.15, 0.2) is 24.3 Å². The fourth-order valence-electron chi connectivity index (χ4n) is 1.57. The highest BCUT2D eigenvalue weighted by Gasteiger charge is 2.09. The van der Waals surface area contributed by atoms with Crippen LogP contribution in [0.3, 0.4) is 0 Å². The summed E-state index contributed by atoms with van der Waals surface area (Å²) in [6, 6.07) is 5.99. The molecule has 0 aliphatic heterocycles. The van der Waals surface area contributed by atoms with Crippen LogP contribution in [0.4, 0.5) is 4.39 Å². The van der Waals surface area contributed by atoms with E-state index in [1.807, 2.05) is 6.92 Å². The van der Waals surface area contributed by atoms with Crippen LogP contribution in [0.1, 0.15) is 37.8 Å². The van der Waals surface area contributed by atoms with Gasteiger partial charge in [0.05, 0.1) is 6.04 Å². The smallest absolute Gasteiger partial charge is 0.220 e. The van der Waals surface area contributed by atoms with Crippen molar-refractivity contribution in [3.8, 4) is 0 Å². The average molecular weight is 239 g/mol. The molecular formula is C13H18FNO2. The topological polar surface area (TPSA) is 49.3 Å². The van der Waals surface area contributed by atoms with E-state index in [0.29, 0.717) is 19.3 Å². The van der Waals surface area contributed by atoms with Gasteiger partial charge in [-0.3, -0.25) is 4.79 Å².